The lowest BCUT2D eigenvalue weighted by Gasteiger charge is -2.34. The summed E-state index contributed by atoms with van der Waals surface area (Å²) in [5.41, 5.74) is 4.07. The summed E-state index contributed by atoms with van der Waals surface area (Å²) in [5, 5.41) is 20.0. The van der Waals surface area contributed by atoms with E-state index in [1.165, 1.54) is 0 Å². The van der Waals surface area contributed by atoms with Crippen molar-refractivity contribution < 1.29 is 9.59 Å². The van der Waals surface area contributed by atoms with Crippen LogP contribution in [0, 0.1) is 5.92 Å². The van der Waals surface area contributed by atoms with Gasteiger partial charge in [-0.2, -0.15) is 5.10 Å². The van der Waals surface area contributed by atoms with Crippen LogP contribution in [-0.2, 0) is 17.8 Å². The first-order valence-electron chi connectivity index (χ1n) is 12.3. The summed E-state index contributed by atoms with van der Waals surface area (Å²) in [5.74, 6) is 0.206. The molecule has 1 aromatic heterocycles. The van der Waals surface area contributed by atoms with Gasteiger partial charge in [0.05, 0.1) is 11.3 Å². The summed E-state index contributed by atoms with van der Waals surface area (Å²) in [6, 6.07) is 5.74. The number of benzene rings is 1. The first-order chi connectivity index (χ1) is 16.6. The summed E-state index contributed by atoms with van der Waals surface area (Å²) in [7, 11) is 2.12. The molecule has 10 nitrogen and oxygen atoms in total. The fourth-order valence-electron chi connectivity index (χ4n) is 4.92. The van der Waals surface area contributed by atoms with Crippen molar-refractivity contribution in [2.24, 2.45) is 5.92 Å². The molecule has 0 unspecified atom stereocenters. The molecule has 0 bridgehead atoms. The second kappa shape index (κ2) is 10.1. The van der Waals surface area contributed by atoms with Gasteiger partial charge in [-0.1, -0.05) is 0 Å². The highest BCUT2D eigenvalue weighted by Gasteiger charge is 2.25. The maximum Gasteiger partial charge on any atom is 0.258 e. The van der Waals surface area contributed by atoms with E-state index >= 15 is 0 Å². The van der Waals surface area contributed by atoms with E-state index in [-0.39, 0.29) is 17.7 Å². The molecule has 34 heavy (non-hydrogen) atoms. The van der Waals surface area contributed by atoms with E-state index in [2.05, 4.69) is 48.3 Å². The number of piperidine rings is 1. The molecule has 0 spiro atoms. The average molecular weight is 467 g/mol. The van der Waals surface area contributed by atoms with E-state index in [0.29, 0.717) is 23.6 Å². The van der Waals surface area contributed by atoms with Crippen molar-refractivity contribution in [1.29, 1.82) is 0 Å². The van der Waals surface area contributed by atoms with Gasteiger partial charge in [0.15, 0.2) is 5.82 Å². The third-order valence-electron chi connectivity index (χ3n) is 7.12. The Labute approximate surface area is 199 Å². The Balaban J connectivity index is 1.39. The number of amides is 2. The van der Waals surface area contributed by atoms with E-state index in [0.717, 1.165) is 82.0 Å². The number of aromatic amines is 1. The van der Waals surface area contributed by atoms with Crippen LogP contribution in [0.5, 0.6) is 0 Å². The molecule has 10 heteroatoms. The zero-order chi connectivity index (χ0) is 23.5. The molecular weight excluding hydrogens is 432 g/mol. The van der Waals surface area contributed by atoms with Crippen LogP contribution in [0.4, 0.5) is 17.2 Å². The molecule has 1 aromatic carbocycles. The number of nitrogens with one attached hydrogen (secondary N) is 5. The van der Waals surface area contributed by atoms with Gasteiger partial charge in [-0.3, -0.25) is 14.7 Å². The Morgan fingerprint density at radius 1 is 1.03 bits per heavy atom. The van der Waals surface area contributed by atoms with Crippen LogP contribution in [0.1, 0.15) is 34.5 Å². The highest BCUT2D eigenvalue weighted by molar-refractivity contribution is 6.10. The number of hydrogen-bond donors (Lipinski definition) is 5. The van der Waals surface area contributed by atoms with Gasteiger partial charge in [0.25, 0.3) is 5.91 Å². The number of H-pyrrole nitrogens is 1. The summed E-state index contributed by atoms with van der Waals surface area (Å²) in [6.45, 7) is 7.03. The molecule has 2 aromatic rings. The maximum atomic E-state index is 13.3. The molecule has 0 saturated carbocycles. The first-order valence-corrected chi connectivity index (χ1v) is 12.3. The molecule has 2 saturated heterocycles. The number of hydrogen-bond acceptors (Lipinski definition) is 7. The highest BCUT2D eigenvalue weighted by atomic mass is 16.2. The fourth-order valence-corrected chi connectivity index (χ4v) is 4.92. The van der Waals surface area contributed by atoms with Crippen LogP contribution >= 0.6 is 0 Å². The van der Waals surface area contributed by atoms with Crippen LogP contribution < -0.4 is 26.2 Å². The normalized spacial score (nSPS) is 19.5. The molecule has 5 N–H and O–H groups in total. The van der Waals surface area contributed by atoms with Gasteiger partial charge in [0, 0.05) is 68.6 Å². The fraction of sp³-hybridized carbons (Fsp3) is 0.542. The van der Waals surface area contributed by atoms with Crippen LogP contribution in [0.15, 0.2) is 18.2 Å². The Bertz CT molecular complexity index is 1040. The molecule has 4 heterocycles. The summed E-state index contributed by atoms with van der Waals surface area (Å²) >= 11 is 0. The number of nitrogens with zero attached hydrogens (tertiary/aromatic N) is 3. The summed E-state index contributed by atoms with van der Waals surface area (Å²) in [4.78, 5) is 31.0. The lowest BCUT2D eigenvalue weighted by molar-refractivity contribution is -0.120. The molecule has 3 aliphatic rings. The smallest absolute Gasteiger partial charge is 0.258 e. The SMILES string of the molecule is CN1CCN(c2ccc(C(=O)Nc3n[nH]c4c3CNCC4)c(NC(=O)C3CCNCC3)c2)CC1. The maximum absolute atomic E-state index is 13.3. The van der Waals surface area contributed by atoms with Gasteiger partial charge in [-0.15, -0.1) is 0 Å². The highest BCUT2D eigenvalue weighted by Crippen LogP contribution is 2.28. The summed E-state index contributed by atoms with van der Waals surface area (Å²) < 4.78 is 0. The van der Waals surface area contributed by atoms with Crippen molar-refractivity contribution in [3.63, 3.8) is 0 Å². The van der Waals surface area contributed by atoms with Crippen molar-refractivity contribution >= 4 is 29.0 Å². The Hall–Kier alpha value is -2.95. The van der Waals surface area contributed by atoms with E-state index < -0.39 is 0 Å². The second-order valence-electron chi connectivity index (χ2n) is 9.44. The molecule has 5 rings (SSSR count). The van der Waals surface area contributed by atoms with Crippen molar-refractivity contribution in [3.05, 3.63) is 35.0 Å². The minimum absolute atomic E-state index is 0.0209. The minimum atomic E-state index is -0.273. The largest absolute Gasteiger partial charge is 0.369 e. The zero-order valence-electron chi connectivity index (χ0n) is 19.7. The molecule has 0 atom stereocenters. The topological polar surface area (TPSA) is 117 Å². The molecule has 0 aliphatic carbocycles. The van der Waals surface area contributed by atoms with Gasteiger partial charge >= 0.3 is 0 Å². The van der Waals surface area contributed by atoms with Gasteiger partial charge < -0.3 is 31.1 Å². The Morgan fingerprint density at radius 2 is 1.82 bits per heavy atom. The molecule has 182 valence electrons. The number of likely N-dealkylation sites (N-methyl/N-ethyl adjacent to an activating group) is 1. The number of carbonyl (C=O) groups is 2. The second-order valence-corrected chi connectivity index (χ2v) is 9.44. The Morgan fingerprint density at radius 3 is 2.62 bits per heavy atom. The molecule has 2 fully saturated rings. The van der Waals surface area contributed by atoms with E-state index in [4.69, 9.17) is 0 Å². The van der Waals surface area contributed by atoms with Crippen LogP contribution in [0.2, 0.25) is 0 Å². The van der Waals surface area contributed by atoms with Gasteiger partial charge in [0.1, 0.15) is 0 Å². The lowest BCUT2D eigenvalue weighted by Crippen LogP contribution is -2.44. The van der Waals surface area contributed by atoms with E-state index in [1.54, 1.807) is 0 Å². The third-order valence-corrected chi connectivity index (χ3v) is 7.12. The third kappa shape index (κ3) is 4.94. The van der Waals surface area contributed by atoms with Crippen molar-refractivity contribution in [1.82, 2.24) is 25.7 Å². The standard InChI is InChI=1S/C24H34N8O2/c1-31-10-12-32(13-11-31)17-2-3-18(21(14-17)27-23(33)16-4-7-25-8-5-16)24(34)28-22-19-15-26-9-6-20(19)29-30-22/h2-3,14,16,25-26H,4-13,15H2,1H3,(H,27,33)(H2,28,29,30,34). The quantitative estimate of drug-likeness (QED) is 0.446. The van der Waals surface area contributed by atoms with Crippen molar-refractivity contribution in [2.75, 3.05) is 68.4 Å². The monoisotopic (exact) mass is 466 g/mol. The van der Waals surface area contributed by atoms with E-state index in [1.807, 2.05) is 18.2 Å². The van der Waals surface area contributed by atoms with Crippen LogP contribution in [0.3, 0.4) is 0 Å². The number of aromatic nitrogens is 2. The molecule has 0 radical (unpaired) electrons. The number of fused-ring (bicyclic) bond motifs is 1. The van der Waals surface area contributed by atoms with E-state index in [9.17, 15) is 9.59 Å². The van der Waals surface area contributed by atoms with Crippen LogP contribution in [0.25, 0.3) is 0 Å². The molecule has 2 amide bonds. The summed E-state index contributed by atoms with van der Waals surface area (Å²) in [6.07, 6.45) is 2.46. The van der Waals surface area contributed by atoms with Gasteiger partial charge in [-0.05, 0) is 51.2 Å². The number of carbonyl (C=O) groups excluding carboxylic acids is 2. The minimum Gasteiger partial charge on any atom is -0.369 e. The molecular formula is C24H34N8O2. The average Bonchev–Trinajstić information content (AvgIpc) is 3.27. The number of anilines is 3. The van der Waals surface area contributed by atoms with Gasteiger partial charge in [-0.25, -0.2) is 0 Å². The van der Waals surface area contributed by atoms with Gasteiger partial charge in [0.2, 0.25) is 5.91 Å². The zero-order valence-corrected chi connectivity index (χ0v) is 19.7. The van der Waals surface area contributed by atoms with Crippen molar-refractivity contribution in [3.8, 4) is 0 Å². The lowest BCUT2D eigenvalue weighted by atomic mass is 9.97. The number of rotatable bonds is 5. The number of piperazine rings is 1. The molecule has 3 aliphatic heterocycles. The van der Waals surface area contributed by atoms with Crippen LogP contribution in [-0.4, -0.2) is 79.8 Å². The predicted octanol–water partition coefficient (Wildman–Crippen LogP) is 0.998. The first kappa shape index (κ1) is 22.8. The predicted molar refractivity (Wildman–Crippen MR) is 132 cm³/mol. The Kier molecular flexibility index (Phi) is 6.80. The van der Waals surface area contributed by atoms with Crippen molar-refractivity contribution in [2.45, 2.75) is 25.8 Å².